The van der Waals surface area contributed by atoms with Crippen LogP contribution in [0.5, 0.6) is 5.75 Å². The van der Waals surface area contributed by atoms with E-state index in [0.29, 0.717) is 43.4 Å². The Hall–Kier alpha value is -3.44. The number of carbonyl (C=O) groups is 2. The Morgan fingerprint density at radius 3 is 2.72 bits per heavy atom. The molecule has 1 aliphatic carbocycles. The third-order valence-corrected chi connectivity index (χ3v) is 5.62. The van der Waals surface area contributed by atoms with E-state index < -0.39 is 0 Å². The molecule has 8 nitrogen and oxygen atoms in total. The van der Waals surface area contributed by atoms with Gasteiger partial charge in [0.25, 0.3) is 0 Å². The number of nitrogens with one attached hydrogen (secondary N) is 1. The van der Waals surface area contributed by atoms with E-state index in [9.17, 15) is 14.9 Å². The van der Waals surface area contributed by atoms with Gasteiger partial charge in [0.05, 0.1) is 37.2 Å². The molecular formula is C24H25N3O5. The summed E-state index contributed by atoms with van der Waals surface area (Å²) in [6.45, 7) is 3.37. The number of pyridine rings is 1. The normalized spacial score (nSPS) is 20.1. The van der Waals surface area contributed by atoms with Crippen LogP contribution in [0.2, 0.25) is 0 Å². The molecule has 8 heteroatoms. The zero-order valence-electron chi connectivity index (χ0n) is 17.9. The second-order valence-electron chi connectivity index (χ2n) is 7.87. The van der Waals surface area contributed by atoms with Crippen molar-refractivity contribution in [3.05, 3.63) is 42.1 Å². The van der Waals surface area contributed by atoms with Gasteiger partial charge in [-0.15, -0.1) is 0 Å². The van der Waals surface area contributed by atoms with Crippen molar-refractivity contribution in [2.24, 2.45) is 11.8 Å². The molecule has 1 saturated heterocycles. The summed E-state index contributed by atoms with van der Waals surface area (Å²) < 4.78 is 16.3. The van der Waals surface area contributed by atoms with Crippen molar-refractivity contribution in [3.8, 4) is 22.9 Å². The number of esters is 1. The van der Waals surface area contributed by atoms with Crippen LogP contribution in [0.4, 0.5) is 5.82 Å². The van der Waals surface area contributed by atoms with Crippen LogP contribution in [0.1, 0.15) is 31.7 Å². The molecule has 32 heavy (non-hydrogen) atoms. The van der Waals surface area contributed by atoms with Crippen molar-refractivity contribution < 1.29 is 23.8 Å². The maximum Gasteiger partial charge on any atom is 0.309 e. The minimum Gasteiger partial charge on any atom is -0.489 e. The molecule has 2 unspecified atom stereocenters. The zero-order valence-corrected chi connectivity index (χ0v) is 17.9. The molecule has 2 fully saturated rings. The number of aromatic nitrogens is 1. The highest BCUT2D eigenvalue weighted by molar-refractivity contribution is 5.98. The highest BCUT2D eigenvalue weighted by atomic mass is 16.5. The van der Waals surface area contributed by atoms with E-state index in [1.54, 1.807) is 31.3 Å². The zero-order chi connectivity index (χ0) is 22.5. The summed E-state index contributed by atoms with van der Waals surface area (Å²) in [5.41, 5.74) is 2.07. The van der Waals surface area contributed by atoms with E-state index in [-0.39, 0.29) is 29.8 Å². The number of anilines is 1. The molecule has 2 heterocycles. The topological polar surface area (TPSA) is 111 Å². The number of amides is 1. The van der Waals surface area contributed by atoms with Gasteiger partial charge in [0.15, 0.2) is 0 Å². The largest absolute Gasteiger partial charge is 0.489 e. The minimum atomic E-state index is -0.383. The number of benzene rings is 1. The van der Waals surface area contributed by atoms with Gasteiger partial charge in [0, 0.05) is 19.0 Å². The van der Waals surface area contributed by atoms with Crippen LogP contribution in [-0.2, 0) is 19.1 Å². The maximum absolute atomic E-state index is 12.4. The number of carbonyl (C=O) groups excluding carboxylic acids is 2. The van der Waals surface area contributed by atoms with Crippen molar-refractivity contribution in [2.75, 3.05) is 25.1 Å². The van der Waals surface area contributed by atoms with Crippen molar-refractivity contribution in [1.82, 2.24) is 4.98 Å². The molecule has 4 rings (SSSR count). The number of nitrogens with zero attached hydrogens (tertiary/aromatic N) is 2. The Labute approximate surface area is 186 Å². The lowest BCUT2D eigenvalue weighted by Gasteiger charge is -2.23. The Bertz CT molecular complexity index is 1040. The fourth-order valence-corrected chi connectivity index (χ4v) is 3.76. The first kappa shape index (κ1) is 21.8. The number of hydrogen-bond acceptors (Lipinski definition) is 7. The highest BCUT2D eigenvalue weighted by Gasteiger charge is 2.49. The second-order valence-corrected chi connectivity index (χ2v) is 7.87. The molecule has 1 amide bonds. The van der Waals surface area contributed by atoms with Crippen molar-refractivity contribution in [2.45, 2.75) is 32.3 Å². The Kier molecular flexibility index (Phi) is 6.66. The first-order valence-electron chi connectivity index (χ1n) is 10.8. The lowest BCUT2D eigenvalue weighted by atomic mass is 10.0. The molecule has 1 aromatic carbocycles. The summed E-state index contributed by atoms with van der Waals surface area (Å²) in [5, 5.41) is 12.4. The average molecular weight is 435 g/mol. The maximum atomic E-state index is 12.4. The van der Waals surface area contributed by atoms with E-state index in [1.165, 1.54) is 0 Å². The molecular weight excluding hydrogens is 410 g/mol. The summed E-state index contributed by atoms with van der Waals surface area (Å²) in [6.07, 6.45) is 3.74. The third-order valence-electron chi connectivity index (χ3n) is 5.62. The molecule has 2 aromatic rings. The SMILES string of the molecule is CCOC(=O)C1CC1C(=O)Nc1cc(-c2ccc(OC3CCOCC3)c(C#N)c2)ccn1. The predicted molar refractivity (Wildman–Crippen MR) is 116 cm³/mol. The molecule has 166 valence electrons. The van der Waals surface area contributed by atoms with Crippen LogP contribution in [0.3, 0.4) is 0 Å². The third kappa shape index (κ3) is 5.06. The van der Waals surface area contributed by atoms with Crippen LogP contribution >= 0.6 is 0 Å². The molecule has 2 atom stereocenters. The van der Waals surface area contributed by atoms with E-state index >= 15 is 0 Å². The summed E-state index contributed by atoms with van der Waals surface area (Å²) >= 11 is 0. The van der Waals surface area contributed by atoms with Crippen molar-refractivity contribution in [1.29, 1.82) is 5.26 Å². The van der Waals surface area contributed by atoms with Crippen LogP contribution < -0.4 is 10.1 Å². The van der Waals surface area contributed by atoms with Gasteiger partial charge in [-0.2, -0.15) is 5.26 Å². The van der Waals surface area contributed by atoms with Crippen LogP contribution in [-0.4, -0.2) is 42.8 Å². The Balaban J connectivity index is 1.44. The quantitative estimate of drug-likeness (QED) is 0.664. The second kappa shape index (κ2) is 9.79. The van der Waals surface area contributed by atoms with Crippen LogP contribution in [0, 0.1) is 23.2 Å². The van der Waals surface area contributed by atoms with Crippen molar-refractivity contribution >= 4 is 17.7 Å². The van der Waals surface area contributed by atoms with Crippen LogP contribution in [0.25, 0.3) is 11.1 Å². The number of nitriles is 1. The summed E-state index contributed by atoms with van der Waals surface area (Å²) in [5.74, 6) is -0.384. The monoisotopic (exact) mass is 435 g/mol. The molecule has 1 N–H and O–H groups in total. The lowest BCUT2D eigenvalue weighted by molar-refractivity contribution is -0.145. The van der Waals surface area contributed by atoms with Gasteiger partial charge < -0.3 is 19.5 Å². The van der Waals surface area contributed by atoms with Crippen LogP contribution in [0.15, 0.2) is 36.5 Å². The van der Waals surface area contributed by atoms with Gasteiger partial charge in [-0.3, -0.25) is 9.59 Å². The predicted octanol–water partition coefficient (Wildman–Crippen LogP) is 3.32. The standard InChI is InChI=1S/C24H25N3O5/c1-2-31-24(29)20-13-19(20)23(28)27-22-12-16(5-8-26-22)15-3-4-21(17(11-15)14-25)32-18-6-9-30-10-7-18/h3-5,8,11-12,18-20H,2,6-7,9-10,13H2,1H3,(H,26,27,28). The molecule has 0 spiro atoms. The summed E-state index contributed by atoms with van der Waals surface area (Å²) in [7, 11) is 0. The number of ether oxygens (including phenoxy) is 3. The molecule has 1 aromatic heterocycles. The Morgan fingerprint density at radius 1 is 1.19 bits per heavy atom. The highest BCUT2D eigenvalue weighted by Crippen LogP contribution is 2.40. The molecule has 0 radical (unpaired) electrons. The molecule has 1 aliphatic heterocycles. The summed E-state index contributed by atoms with van der Waals surface area (Å²) in [6, 6.07) is 11.2. The number of hydrogen-bond donors (Lipinski definition) is 1. The lowest BCUT2D eigenvalue weighted by Crippen LogP contribution is -2.26. The Morgan fingerprint density at radius 2 is 1.97 bits per heavy atom. The fraction of sp³-hybridized carbons (Fsp3) is 0.417. The summed E-state index contributed by atoms with van der Waals surface area (Å²) in [4.78, 5) is 28.4. The first-order valence-corrected chi connectivity index (χ1v) is 10.8. The van der Waals surface area contributed by atoms with Gasteiger partial charge in [-0.1, -0.05) is 6.07 Å². The molecule has 0 bridgehead atoms. The van der Waals surface area contributed by atoms with E-state index in [2.05, 4.69) is 16.4 Å². The molecule has 2 aliphatic rings. The number of rotatable bonds is 7. The van der Waals surface area contributed by atoms with Gasteiger partial charge in [0.1, 0.15) is 23.7 Å². The minimum absolute atomic E-state index is 0.0466. The fourth-order valence-electron chi connectivity index (χ4n) is 3.76. The molecule has 1 saturated carbocycles. The van der Waals surface area contributed by atoms with Crippen molar-refractivity contribution in [3.63, 3.8) is 0 Å². The smallest absolute Gasteiger partial charge is 0.309 e. The van der Waals surface area contributed by atoms with E-state index in [4.69, 9.17) is 14.2 Å². The van der Waals surface area contributed by atoms with Gasteiger partial charge in [-0.05, 0) is 48.7 Å². The first-order chi connectivity index (χ1) is 15.6. The van der Waals surface area contributed by atoms with E-state index in [1.807, 2.05) is 12.1 Å². The van der Waals surface area contributed by atoms with Gasteiger partial charge in [0.2, 0.25) is 5.91 Å². The van der Waals surface area contributed by atoms with Gasteiger partial charge >= 0.3 is 5.97 Å². The average Bonchev–Trinajstić information content (AvgIpc) is 3.62. The van der Waals surface area contributed by atoms with Gasteiger partial charge in [-0.25, -0.2) is 4.98 Å². The van der Waals surface area contributed by atoms with E-state index in [0.717, 1.165) is 24.0 Å².